The smallest absolute Gasteiger partial charge is 0.119 e. The lowest BCUT2D eigenvalue weighted by Gasteiger charge is -2.43. The number of nitrogens with zero attached hydrogens (tertiary/aromatic N) is 4. The number of rotatable bonds is 5. The molecule has 1 atom stereocenters. The molecule has 1 aromatic carbocycles. The maximum atomic E-state index is 5.27. The van der Waals surface area contributed by atoms with E-state index < -0.39 is 0 Å². The first kappa shape index (κ1) is 17.8. The van der Waals surface area contributed by atoms with Crippen LogP contribution in [0.15, 0.2) is 35.8 Å². The van der Waals surface area contributed by atoms with E-state index in [1.54, 1.807) is 18.4 Å². The number of hydrogen-bond donors (Lipinski definition) is 0. The summed E-state index contributed by atoms with van der Waals surface area (Å²) < 4.78 is 5.27. The van der Waals surface area contributed by atoms with Crippen LogP contribution in [-0.2, 0) is 6.54 Å². The fourth-order valence-corrected chi connectivity index (χ4v) is 4.79. The molecule has 4 rings (SSSR count). The van der Waals surface area contributed by atoms with E-state index in [1.165, 1.54) is 36.6 Å². The Morgan fingerprint density at radius 1 is 1.12 bits per heavy atom. The van der Waals surface area contributed by atoms with Crippen LogP contribution >= 0.6 is 11.3 Å². The first-order valence-corrected chi connectivity index (χ1v) is 10.4. The Balaban J connectivity index is 1.29. The number of piperidine rings is 1. The van der Waals surface area contributed by atoms with Gasteiger partial charge in [0.25, 0.3) is 0 Å². The fourth-order valence-electron chi connectivity index (χ4n) is 4.13. The van der Waals surface area contributed by atoms with Crippen molar-refractivity contribution in [2.75, 3.05) is 51.3 Å². The second kappa shape index (κ2) is 8.37. The Morgan fingerprint density at radius 2 is 1.92 bits per heavy atom. The molecule has 0 radical (unpaired) electrons. The van der Waals surface area contributed by atoms with Crippen molar-refractivity contribution in [3.63, 3.8) is 0 Å². The van der Waals surface area contributed by atoms with Gasteiger partial charge in [0.15, 0.2) is 0 Å². The van der Waals surface area contributed by atoms with E-state index in [4.69, 9.17) is 4.74 Å². The van der Waals surface area contributed by atoms with Crippen LogP contribution in [-0.4, -0.2) is 67.2 Å². The quantitative estimate of drug-likeness (QED) is 0.806. The first-order chi connectivity index (χ1) is 12.8. The van der Waals surface area contributed by atoms with E-state index in [9.17, 15) is 0 Å². The van der Waals surface area contributed by atoms with Crippen LogP contribution in [0.3, 0.4) is 0 Å². The molecule has 0 saturated carbocycles. The standard InChI is InChI=1S/C20H28N4OS/c1-25-19-6-4-17(5-7-19)23-10-12-24(13-11-23)18-3-2-9-22(15-18)16-20-21-8-14-26-20/h4-8,14,18H,2-3,9-13,15-16H2,1H3. The van der Waals surface area contributed by atoms with Gasteiger partial charge in [-0.3, -0.25) is 9.80 Å². The zero-order valence-electron chi connectivity index (χ0n) is 15.5. The molecule has 5 nitrogen and oxygen atoms in total. The van der Waals surface area contributed by atoms with Crippen LogP contribution in [0.2, 0.25) is 0 Å². The van der Waals surface area contributed by atoms with Gasteiger partial charge in [-0.2, -0.15) is 0 Å². The Hall–Kier alpha value is -1.63. The molecular weight excluding hydrogens is 344 g/mol. The average Bonchev–Trinajstić information content (AvgIpc) is 3.21. The minimum atomic E-state index is 0.696. The minimum Gasteiger partial charge on any atom is -0.497 e. The van der Waals surface area contributed by atoms with Crippen molar-refractivity contribution in [1.82, 2.24) is 14.8 Å². The van der Waals surface area contributed by atoms with Crippen LogP contribution < -0.4 is 9.64 Å². The first-order valence-electron chi connectivity index (χ1n) is 9.55. The highest BCUT2D eigenvalue weighted by molar-refractivity contribution is 7.09. The summed E-state index contributed by atoms with van der Waals surface area (Å²) in [5.74, 6) is 0.926. The van der Waals surface area contributed by atoms with Crippen molar-refractivity contribution in [1.29, 1.82) is 0 Å². The van der Waals surface area contributed by atoms with Crippen LogP contribution in [0, 0.1) is 0 Å². The van der Waals surface area contributed by atoms with Crippen molar-refractivity contribution in [3.8, 4) is 5.75 Å². The molecule has 2 aromatic rings. The van der Waals surface area contributed by atoms with Gasteiger partial charge >= 0.3 is 0 Å². The van der Waals surface area contributed by atoms with E-state index in [1.807, 2.05) is 6.20 Å². The summed E-state index contributed by atoms with van der Waals surface area (Å²) in [7, 11) is 1.72. The van der Waals surface area contributed by atoms with Gasteiger partial charge in [-0.1, -0.05) is 0 Å². The molecule has 2 fully saturated rings. The molecule has 3 heterocycles. The van der Waals surface area contributed by atoms with Gasteiger partial charge in [0.2, 0.25) is 0 Å². The maximum absolute atomic E-state index is 5.27. The molecule has 1 unspecified atom stereocenters. The Labute approximate surface area is 160 Å². The van der Waals surface area contributed by atoms with Gasteiger partial charge in [-0.05, 0) is 43.7 Å². The molecule has 0 bridgehead atoms. The molecule has 2 aliphatic rings. The topological polar surface area (TPSA) is 31.8 Å². The molecule has 140 valence electrons. The molecule has 2 saturated heterocycles. The second-order valence-corrected chi connectivity index (χ2v) is 8.16. The summed E-state index contributed by atoms with van der Waals surface area (Å²) >= 11 is 1.77. The molecule has 6 heteroatoms. The van der Waals surface area contributed by atoms with E-state index in [2.05, 4.69) is 49.3 Å². The van der Waals surface area contributed by atoms with Crippen molar-refractivity contribution < 1.29 is 4.74 Å². The molecule has 0 aliphatic carbocycles. The number of anilines is 1. The summed E-state index contributed by atoms with van der Waals surface area (Å²) in [6, 6.07) is 9.15. The Kier molecular flexibility index (Phi) is 5.72. The predicted octanol–water partition coefficient (Wildman–Crippen LogP) is 2.94. The zero-order valence-corrected chi connectivity index (χ0v) is 16.3. The number of piperazine rings is 1. The minimum absolute atomic E-state index is 0.696. The number of aromatic nitrogens is 1. The zero-order chi connectivity index (χ0) is 17.8. The van der Waals surface area contributed by atoms with Gasteiger partial charge in [0.05, 0.1) is 13.7 Å². The highest BCUT2D eigenvalue weighted by Crippen LogP contribution is 2.23. The van der Waals surface area contributed by atoms with Crippen LogP contribution in [0.4, 0.5) is 5.69 Å². The number of ether oxygens (including phenoxy) is 1. The van der Waals surface area contributed by atoms with Crippen molar-refractivity contribution >= 4 is 17.0 Å². The number of thiazole rings is 1. The molecule has 0 spiro atoms. The van der Waals surface area contributed by atoms with Gasteiger partial charge in [0.1, 0.15) is 10.8 Å². The number of hydrogen-bond acceptors (Lipinski definition) is 6. The number of methoxy groups -OCH3 is 1. The highest BCUT2D eigenvalue weighted by atomic mass is 32.1. The van der Waals surface area contributed by atoms with Crippen LogP contribution in [0.1, 0.15) is 17.8 Å². The summed E-state index contributed by atoms with van der Waals surface area (Å²) in [6.45, 7) is 7.93. The third-order valence-electron chi connectivity index (χ3n) is 5.59. The van der Waals surface area contributed by atoms with Gasteiger partial charge in [-0.15, -0.1) is 11.3 Å². The van der Waals surface area contributed by atoms with E-state index in [0.717, 1.165) is 38.5 Å². The Bertz CT molecular complexity index is 668. The molecular formula is C20H28N4OS. The fraction of sp³-hybridized carbons (Fsp3) is 0.550. The SMILES string of the molecule is COc1ccc(N2CCN(C3CCCN(Cc4nccs4)C3)CC2)cc1. The lowest BCUT2D eigenvalue weighted by Crippen LogP contribution is -2.55. The van der Waals surface area contributed by atoms with Crippen molar-refractivity contribution in [3.05, 3.63) is 40.8 Å². The normalized spacial score (nSPS) is 22.5. The summed E-state index contributed by atoms with van der Waals surface area (Å²) in [5.41, 5.74) is 1.31. The number of benzene rings is 1. The Morgan fingerprint density at radius 3 is 2.62 bits per heavy atom. The van der Waals surface area contributed by atoms with E-state index in [-0.39, 0.29) is 0 Å². The number of likely N-dealkylation sites (tertiary alicyclic amines) is 1. The van der Waals surface area contributed by atoms with Gasteiger partial charge < -0.3 is 9.64 Å². The van der Waals surface area contributed by atoms with E-state index >= 15 is 0 Å². The second-order valence-electron chi connectivity index (χ2n) is 7.18. The lowest BCUT2D eigenvalue weighted by atomic mass is 10.0. The van der Waals surface area contributed by atoms with Crippen molar-refractivity contribution in [2.45, 2.75) is 25.4 Å². The maximum Gasteiger partial charge on any atom is 0.119 e. The highest BCUT2D eigenvalue weighted by Gasteiger charge is 2.28. The lowest BCUT2D eigenvalue weighted by molar-refractivity contribution is 0.0887. The van der Waals surface area contributed by atoms with Gasteiger partial charge in [-0.25, -0.2) is 4.98 Å². The van der Waals surface area contributed by atoms with Crippen LogP contribution in [0.25, 0.3) is 0 Å². The largest absolute Gasteiger partial charge is 0.497 e. The third kappa shape index (κ3) is 4.19. The van der Waals surface area contributed by atoms with Crippen LogP contribution in [0.5, 0.6) is 5.75 Å². The van der Waals surface area contributed by atoms with Crippen molar-refractivity contribution in [2.24, 2.45) is 0 Å². The third-order valence-corrected chi connectivity index (χ3v) is 6.36. The van der Waals surface area contributed by atoms with E-state index in [0.29, 0.717) is 6.04 Å². The summed E-state index contributed by atoms with van der Waals surface area (Å²) in [4.78, 5) is 12.2. The molecule has 1 aromatic heterocycles. The molecule has 0 amide bonds. The van der Waals surface area contributed by atoms with Gasteiger partial charge in [0, 0.05) is 56.0 Å². The molecule has 2 aliphatic heterocycles. The molecule has 26 heavy (non-hydrogen) atoms. The molecule has 0 N–H and O–H groups in total. The average molecular weight is 373 g/mol. The summed E-state index contributed by atoms with van der Waals surface area (Å²) in [6.07, 6.45) is 4.55. The monoisotopic (exact) mass is 372 g/mol. The summed E-state index contributed by atoms with van der Waals surface area (Å²) in [5, 5.41) is 3.32. The predicted molar refractivity (Wildman–Crippen MR) is 107 cm³/mol.